The molecule has 0 unspecified atom stereocenters. The largest absolute Gasteiger partial charge is 0.508 e. The Morgan fingerprint density at radius 2 is 2.32 bits per heavy atom. The van der Waals surface area contributed by atoms with Crippen LogP contribution in [0, 0.1) is 6.92 Å². The maximum absolute atomic E-state index is 9.40. The van der Waals surface area contributed by atoms with E-state index < -0.39 is 0 Å². The van der Waals surface area contributed by atoms with Crippen molar-refractivity contribution < 1.29 is 5.11 Å². The van der Waals surface area contributed by atoms with Gasteiger partial charge in [-0.05, 0) is 24.6 Å². The Morgan fingerprint density at radius 1 is 1.47 bits per heavy atom. The van der Waals surface area contributed by atoms with Crippen LogP contribution in [0.4, 0.5) is 0 Å². The molecule has 0 bridgehead atoms. The summed E-state index contributed by atoms with van der Waals surface area (Å²) in [7, 11) is 0. The van der Waals surface area contributed by atoms with Crippen LogP contribution >= 0.6 is 11.3 Å². The van der Waals surface area contributed by atoms with Crippen molar-refractivity contribution in [2.24, 2.45) is 10.1 Å². The van der Waals surface area contributed by atoms with Gasteiger partial charge in [0.15, 0.2) is 0 Å². The first-order valence-corrected chi connectivity index (χ1v) is 6.70. The third-order valence-electron chi connectivity index (χ3n) is 2.40. The molecule has 1 aromatic heterocycles. The molecule has 1 aromatic carbocycles. The lowest BCUT2D eigenvalue weighted by atomic mass is 10.2. The Balaban J connectivity index is 2.33. The Hall–Kier alpha value is -2.14. The average molecular weight is 273 g/mol. The topological polar surface area (TPSA) is 49.9 Å². The average Bonchev–Trinajstić information content (AvgIpc) is 2.75. The van der Waals surface area contributed by atoms with Crippen molar-refractivity contribution in [2.75, 3.05) is 6.54 Å². The van der Waals surface area contributed by atoms with E-state index in [0.29, 0.717) is 6.54 Å². The van der Waals surface area contributed by atoms with E-state index in [1.807, 2.05) is 18.4 Å². The van der Waals surface area contributed by atoms with Crippen molar-refractivity contribution in [3.05, 3.63) is 58.4 Å². The van der Waals surface area contributed by atoms with Crippen LogP contribution in [0.15, 0.2) is 52.4 Å². The molecule has 19 heavy (non-hydrogen) atoms. The van der Waals surface area contributed by atoms with Gasteiger partial charge in [-0.3, -0.25) is 4.99 Å². The lowest BCUT2D eigenvalue weighted by Crippen LogP contribution is -2.12. The predicted molar refractivity (Wildman–Crippen MR) is 78.8 cm³/mol. The third-order valence-corrected chi connectivity index (χ3v) is 3.37. The smallest absolute Gasteiger partial charge is 0.206 e. The van der Waals surface area contributed by atoms with Gasteiger partial charge in [-0.1, -0.05) is 18.2 Å². The summed E-state index contributed by atoms with van der Waals surface area (Å²) in [5, 5.41) is 15.8. The summed E-state index contributed by atoms with van der Waals surface area (Å²) in [6.45, 7) is 6.20. The molecule has 98 valence electrons. The normalized spacial score (nSPS) is 12.2. The summed E-state index contributed by atoms with van der Waals surface area (Å²) < 4.78 is 1.78. The molecule has 5 heteroatoms. The molecule has 0 saturated carbocycles. The summed E-state index contributed by atoms with van der Waals surface area (Å²) in [6, 6.07) is 6.95. The number of aromatic nitrogens is 1. The van der Waals surface area contributed by atoms with Crippen LogP contribution in [0.5, 0.6) is 5.75 Å². The SMILES string of the molecule is C=CCN=c1scc(C)n1N=Cc1cccc(O)c1. The van der Waals surface area contributed by atoms with Crippen molar-refractivity contribution in [3.8, 4) is 5.75 Å². The number of thiazole rings is 1. The molecule has 0 radical (unpaired) electrons. The molecular weight excluding hydrogens is 258 g/mol. The van der Waals surface area contributed by atoms with Crippen LogP contribution in [0.1, 0.15) is 11.3 Å². The molecular formula is C14H15N3OS. The number of phenolic OH excluding ortho intramolecular Hbond substituents is 1. The minimum Gasteiger partial charge on any atom is -0.508 e. The van der Waals surface area contributed by atoms with E-state index in [1.54, 1.807) is 35.2 Å². The zero-order valence-electron chi connectivity index (χ0n) is 10.7. The van der Waals surface area contributed by atoms with E-state index in [2.05, 4.69) is 16.7 Å². The summed E-state index contributed by atoms with van der Waals surface area (Å²) in [6.07, 6.45) is 3.45. The number of aromatic hydroxyl groups is 1. The highest BCUT2D eigenvalue weighted by Gasteiger charge is 1.98. The molecule has 0 spiro atoms. The van der Waals surface area contributed by atoms with Crippen LogP contribution in [0.3, 0.4) is 0 Å². The van der Waals surface area contributed by atoms with Crippen molar-refractivity contribution in [2.45, 2.75) is 6.92 Å². The summed E-state index contributed by atoms with van der Waals surface area (Å²) in [5.74, 6) is 0.229. The summed E-state index contributed by atoms with van der Waals surface area (Å²) >= 11 is 1.54. The van der Waals surface area contributed by atoms with Gasteiger partial charge in [-0.2, -0.15) is 5.10 Å². The Labute approximate surface area is 115 Å². The summed E-state index contributed by atoms with van der Waals surface area (Å²) in [4.78, 5) is 5.20. The zero-order valence-corrected chi connectivity index (χ0v) is 11.5. The molecule has 0 aliphatic heterocycles. The quantitative estimate of drug-likeness (QED) is 0.675. The highest BCUT2D eigenvalue weighted by molar-refractivity contribution is 7.07. The van der Waals surface area contributed by atoms with Gasteiger partial charge in [0.2, 0.25) is 4.80 Å². The monoisotopic (exact) mass is 273 g/mol. The van der Waals surface area contributed by atoms with E-state index in [9.17, 15) is 5.11 Å². The van der Waals surface area contributed by atoms with Gasteiger partial charge in [0.25, 0.3) is 0 Å². The molecule has 2 aromatic rings. The first-order chi connectivity index (χ1) is 9.20. The van der Waals surface area contributed by atoms with Crippen molar-refractivity contribution in [1.29, 1.82) is 0 Å². The van der Waals surface area contributed by atoms with Crippen molar-refractivity contribution in [3.63, 3.8) is 0 Å². The number of hydrogen-bond donors (Lipinski definition) is 1. The first kappa shape index (κ1) is 13.3. The molecule has 0 amide bonds. The highest BCUT2D eigenvalue weighted by atomic mass is 32.1. The van der Waals surface area contributed by atoms with Crippen molar-refractivity contribution in [1.82, 2.24) is 4.68 Å². The number of benzene rings is 1. The predicted octanol–water partition coefficient (Wildman–Crippen LogP) is 2.53. The fraction of sp³-hybridized carbons (Fsp3) is 0.143. The van der Waals surface area contributed by atoms with Crippen LogP contribution in [0.2, 0.25) is 0 Å². The molecule has 0 aliphatic rings. The maximum Gasteiger partial charge on any atom is 0.206 e. The second-order valence-electron chi connectivity index (χ2n) is 3.94. The van der Waals surface area contributed by atoms with Gasteiger partial charge in [0, 0.05) is 5.38 Å². The van der Waals surface area contributed by atoms with E-state index in [1.165, 1.54) is 11.3 Å². The molecule has 0 atom stereocenters. The number of aryl methyl sites for hydroxylation is 1. The van der Waals surface area contributed by atoms with Gasteiger partial charge >= 0.3 is 0 Å². The van der Waals surface area contributed by atoms with Crippen molar-refractivity contribution >= 4 is 17.6 Å². The van der Waals surface area contributed by atoms with Crippen LogP contribution in [0.25, 0.3) is 0 Å². The molecule has 0 fully saturated rings. The Bertz CT molecular complexity index is 667. The number of hydrogen-bond acceptors (Lipinski definition) is 4. The lowest BCUT2D eigenvalue weighted by molar-refractivity contribution is 0.475. The molecule has 2 rings (SSSR count). The van der Waals surface area contributed by atoms with E-state index >= 15 is 0 Å². The second-order valence-corrected chi connectivity index (χ2v) is 4.78. The fourth-order valence-electron chi connectivity index (χ4n) is 1.51. The van der Waals surface area contributed by atoms with E-state index in [-0.39, 0.29) is 5.75 Å². The highest BCUT2D eigenvalue weighted by Crippen LogP contribution is 2.09. The van der Waals surface area contributed by atoms with Crippen LogP contribution < -0.4 is 4.80 Å². The number of phenols is 1. The Morgan fingerprint density at radius 3 is 3.05 bits per heavy atom. The van der Waals surface area contributed by atoms with Gasteiger partial charge < -0.3 is 5.11 Å². The summed E-state index contributed by atoms with van der Waals surface area (Å²) in [5.41, 5.74) is 1.86. The van der Waals surface area contributed by atoms with Gasteiger partial charge in [0.05, 0.1) is 18.5 Å². The van der Waals surface area contributed by atoms with Gasteiger partial charge in [-0.15, -0.1) is 17.9 Å². The number of nitrogens with zero attached hydrogens (tertiary/aromatic N) is 3. The van der Waals surface area contributed by atoms with Crippen LogP contribution in [-0.4, -0.2) is 22.5 Å². The Kier molecular flexibility index (Phi) is 4.30. The fourth-order valence-corrected chi connectivity index (χ4v) is 2.32. The molecule has 1 N–H and O–H groups in total. The third kappa shape index (κ3) is 3.42. The minimum absolute atomic E-state index is 0.229. The van der Waals surface area contributed by atoms with Gasteiger partial charge in [0.1, 0.15) is 5.75 Å². The molecule has 0 saturated heterocycles. The molecule has 4 nitrogen and oxygen atoms in total. The minimum atomic E-state index is 0.229. The number of rotatable bonds is 4. The lowest BCUT2D eigenvalue weighted by Gasteiger charge is -1.98. The van der Waals surface area contributed by atoms with E-state index in [0.717, 1.165) is 16.1 Å². The molecule has 1 heterocycles. The van der Waals surface area contributed by atoms with Crippen LogP contribution in [-0.2, 0) is 0 Å². The van der Waals surface area contributed by atoms with Gasteiger partial charge in [-0.25, -0.2) is 4.68 Å². The zero-order chi connectivity index (χ0) is 13.7. The molecule has 0 aliphatic carbocycles. The maximum atomic E-state index is 9.40. The first-order valence-electron chi connectivity index (χ1n) is 5.82. The van der Waals surface area contributed by atoms with E-state index in [4.69, 9.17) is 0 Å². The second kappa shape index (κ2) is 6.15. The standard InChI is InChI=1S/C14H15N3OS/c1-3-7-15-14-17(11(2)10-19-14)16-9-12-5-4-6-13(18)8-12/h3-6,8-10,18H,1,7H2,2H3.